The Bertz CT molecular complexity index is 1440. The van der Waals surface area contributed by atoms with Crippen LogP contribution in [-0.2, 0) is 9.47 Å². The maximum absolute atomic E-state index is 12.2. The second kappa shape index (κ2) is 12.9. The number of nitrogens with one attached hydrogen (secondary N) is 1. The number of hydrogen-bond donors (Lipinski definition) is 1. The fraction of sp³-hybridized carbons (Fsp3) is 0.222. The van der Waals surface area contributed by atoms with Crippen molar-refractivity contribution in [3.63, 3.8) is 0 Å². The van der Waals surface area contributed by atoms with Crippen molar-refractivity contribution in [1.82, 2.24) is 0 Å². The first-order valence-corrected chi connectivity index (χ1v) is 11.8. The number of aryl methyl sites for hydroxylation is 1. The molecule has 0 radical (unpaired) electrons. The Balaban J connectivity index is 0.00000195. The van der Waals surface area contributed by atoms with Crippen LogP contribution < -0.4 is 15.7 Å². The summed E-state index contributed by atoms with van der Waals surface area (Å²) in [6, 6.07) is 11.4. The Hall–Kier alpha value is -4.93. The molecule has 3 aromatic rings. The van der Waals surface area contributed by atoms with Crippen molar-refractivity contribution < 1.29 is 33.1 Å². The van der Waals surface area contributed by atoms with Gasteiger partial charge in [-0.2, -0.15) is 0 Å². The minimum absolute atomic E-state index is 0.0845. The Kier molecular flexibility index (Phi) is 9.36. The van der Waals surface area contributed by atoms with E-state index in [1.54, 1.807) is 43.4 Å². The van der Waals surface area contributed by atoms with E-state index in [-0.39, 0.29) is 29.7 Å². The highest BCUT2D eigenvalue weighted by atomic mass is 16.7. The predicted molar refractivity (Wildman–Crippen MR) is 139 cm³/mol. The van der Waals surface area contributed by atoms with Crippen molar-refractivity contribution in [2.24, 2.45) is 5.92 Å². The fourth-order valence-corrected chi connectivity index (χ4v) is 3.43. The molecular weight excluding hydrogens is 496 g/mol. The van der Waals surface area contributed by atoms with Crippen molar-refractivity contribution in [1.29, 1.82) is 0 Å². The van der Waals surface area contributed by atoms with E-state index in [1.807, 2.05) is 13.8 Å². The lowest BCUT2D eigenvalue weighted by atomic mass is 10.0. The molecule has 1 heterocycles. The van der Waals surface area contributed by atoms with Gasteiger partial charge in [0.1, 0.15) is 17.1 Å². The first-order valence-electron chi connectivity index (χ1n) is 11.8. The molecule has 2 aromatic carbocycles. The first kappa shape index (κ1) is 27.7. The number of hydrogen-bond acceptors (Lipinski definition) is 9. The van der Waals surface area contributed by atoms with E-state index >= 15 is 0 Å². The molecule has 0 aliphatic heterocycles. The zero-order valence-electron chi connectivity index (χ0n) is 21.0. The van der Waals surface area contributed by atoms with Crippen molar-refractivity contribution in [3.05, 3.63) is 98.6 Å². The number of rotatable bonds is 6. The molecule has 0 saturated carbocycles. The van der Waals surface area contributed by atoms with Gasteiger partial charge in [0.2, 0.25) is 0 Å². The van der Waals surface area contributed by atoms with Crippen LogP contribution in [0.1, 0.15) is 25.8 Å². The van der Waals surface area contributed by atoms with Crippen LogP contribution in [-0.4, -0.2) is 23.8 Å². The number of anilines is 1. The zero-order valence-corrected chi connectivity index (χ0v) is 21.0. The summed E-state index contributed by atoms with van der Waals surface area (Å²) in [7, 11) is 0. The monoisotopic (exact) mass is 522 g/mol. The van der Waals surface area contributed by atoms with Crippen LogP contribution in [0.2, 0.25) is 0 Å². The summed E-state index contributed by atoms with van der Waals surface area (Å²) in [5, 5.41) is 14.0. The predicted octanol–water partition coefficient (Wildman–Crippen LogP) is 6.26. The number of non-ortho nitro benzene ring substituents is 1. The lowest BCUT2D eigenvalue weighted by Crippen LogP contribution is -2.19. The molecule has 1 aromatic heterocycles. The standard InChI is InChI=1S/C25H20N2O9.C2H6/c1-15-12-23(28)36-22-13-17(4-11-21(15)22)26-24(29)33-14-16-2-7-19(8-3-16)34-25(30)35-20-9-5-18(6-10-20)27(31)32;1-2/h2,4-13,16H,3,14H2,1H3,(H,26,29);1-2H3. The quantitative estimate of drug-likeness (QED) is 0.130. The van der Waals surface area contributed by atoms with Gasteiger partial charge in [0.15, 0.2) is 0 Å². The summed E-state index contributed by atoms with van der Waals surface area (Å²) < 4.78 is 20.5. The molecule has 0 spiro atoms. The van der Waals surface area contributed by atoms with E-state index in [0.29, 0.717) is 17.7 Å². The zero-order chi connectivity index (χ0) is 27.7. The van der Waals surface area contributed by atoms with Gasteiger partial charge in [-0.05, 0) is 55.3 Å². The van der Waals surface area contributed by atoms with E-state index < -0.39 is 22.8 Å². The molecule has 1 N–H and O–H groups in total. The molecule has 1 unspecified atom stereocenters. The fourth-order valence-electron chi connectivity index (χ4n) is 3.43. The van der Waals surface area contributed by atoms with Gasteiger partial charge in [-0.25, -0.2) is 14.4 Å². The summed E-state index contributed by atoms with van der Waals surface area (Å²) in [6.07, 6.45) is 3.72. The van der Waals surface area contributed by atoms with Crippen LogP contribution in [0.15, 0.2) is 81.7 Å². The topological polar surface area (TPSA) is 147 Å². The van der Waals surface area contributed by atoms with Gasteiger partial charge in [0.25, 0.3) is 5.69 Å². The maximum Gasteiger partial charge on any atom is 0.519 e. The number of amides is 1. The molecule has 0 fully saturated rings. The van der Waals surface area contributed by atoms with Gasteiger partial charge >= 0.3 is 17.9 Å². The minimum Gasteiger partial charge on any atom is -0.449 e. The van der Waals surface area contributed by atoms with E-state index in [2.05, 4.69) is 5.32 Å². The highest BCUT2D eigenvalue weighted by Gasteiger charge is 2.16. The Morgan fingerprint density at radius 2 is 1.84 bits per heavy atom. The number of nitrogens with zero attached hydrogens (tertiary/aromatic N) is 1. The van der Waals surface area contributed by atoms with Gasteiger partial charge in [0.05, 0.1) is 11.5 Å². The molecule has 11 heteroatoms. The molecule has 0 bridgehead atoms. The number of benzene rings is 2. The number of carbonyl (C=O) groups is 2. The van der Waals surface area contributed by atoms with Crippen LogP contribution in [0.4, 0.5) is 21.0 Å². The summed E-state index contributed by atoms with van der Waals surface area (Å²) in [5.74, 6) is 0.230. The molecule has 0 saturated heterocycles. The summed E-state index contributed by atoms with van der Waals surface area (Å²) >= 11 is 0. The normalized spacial score (nSPS) is 14.0. The lowest BCUT2D eigenvalue weighted by molar-refractivity contribution is -0.384. The maximum atomic E-state index is 12.2. The van der Waals surface area contributed by atoms with Crippen LogP contribution in [0.5, 0.6) is 5.75 Å². The van der Waals surface area contributed by atoms with E-state index in [4.69, 9.17) is 18.6 Å². The highest BCUT2D eigenvalue weighted by Crippen LogP contribution is 2.22. The first-order chi connectivity index (χ1) is 18.3. The van der Waals surface area contributed by atoms with Crippen molar-refractivity contribution in [2.75, 3.05) is 11.9 Å². The van der Waals surface area contributed by atoms with Gasteiger partial charge in [-0.3, -0.25) is 15.4 Å². The molecule has 198 valence electrons. The number of nitro groups is 1. The highest BCUT2D eigenvalue weighted by molar-refractivity contribution is 5.89. The second-order valence-electron chi connectivity index (χ2n) is 7.85. The van der Waals surface area contributed by atoms with E-state index in [0.717, 1.165) is 10.9 Å². The largest absolute Gasteiger partial charge is 0.519 e. The average molecular weight is 523 g/mol. The summed E-state index contributed by atoms with van der Waals surface area (Å²) in [5.41, 5.74) is 0.951. The molecular formula is C27H26N2O9. The van der Waals surface area contributed by atoms with E-state index in [1.165, 1.54) is 30.3 Å². The Morgan fingerprint density at radius 3 is 2.50 bits per heavy atom. The molecule has 4 rings (SSSR count). The van der Waals surface area contributed by atoms with Crippen LogP contribution in [0, 0.1) is 23.0 Å². The third-order valence-electron chi connectivity index (χ3n) is 5.23. The van der Waals surface area contributed by atoms with Gasteiger partial charge < -0.3 is 18.6 Å². The number of fused-ring (bicyclic) bond motifs is 1. The van der Waals surface area contributed by atoms with Gasteiger partial charge in [-0.15, -0.1) is 0 Å². The molecule has 1 amide bonds. The van der Waals surface area contributed by atoms with Crippen molar-refractivity contribution in [2.45, 2.75) is 27.2 Å². The number of ether oxygens (including phenoxy) is 3. The lowest BCUT2D eigenvalue weighted by Gasteiger charge is -2.16. The average Bonchev–Trinajstić information content (AvgIpc) is 2.89. The van der Waals surface area contributed by atoms with Crippen molar-refractivity contribution >= 4 is 34.6 Å². The van der Waals surface area contributed by atoms with Gasteiger partial charge in [-0.1, -0.05) is 19.9 Å². The number of allylic oxidation sites excluding steroid dienone is 2. The Morgan fingerprint density at radius 1 is 1.11 bits per heavy atom. The van der Waals surface area contributed by atoms with Gasteiger partial charge in [0, 0.05) is 41.3 Å². The number of nitro benzene ring substituents is 1. The van der Waals surface area contributed by atoms with E-state index in [9.17, 15) is 24.5 Å². The van der Waals surface area contributed by atoms with Crippen molar-refractivity contribution in [3.8, 4) is 5.75 Å². The number of carbonyl (C=O) groups excluding carboxylic acids is 2. The molecule has 38 heavy (non-hydrogen) atoms. The second-order valence-corrected chi connectivity index (χ2v) is 7.85. The molecule has 11 nitrogen and oxygen atoms in total. The summed E-state index contributed by atoms with van der Waals surface area (Å²) in [4.78, 5) is 45.8. The molecule has 1 aliphatic carbocycles. The third-order valence-corrected chi connectivity index (χ3v) is 5.23. The van der Waals surface area contributed by atoms with Crippen LogP contribution >= 0.6 is 0 Å². The Labute approximate surface area is 217 Å². The minimum atomic E-state index is -0.991. The molecule has 1 atom stereocenters. The smallest absolute Gasteiger partial charge is 0.449 e. The SMILES string of the molecule is CC.Cc1cc(=O)oc2cc(NC(=O)OCC3C=CC(OC(=O)Oc4ccc([N+](=O)[O-])cc4)=CC3)ccc12. The third kappa shape index (κ3) is 7.53. The summed E-state index contributed by atoms with van der Waals surface area (Å²) in [6.45, 7) is 5.88. The molecule has 1 aliphatic rings. The van der Waals surface area contributed by atoms with Crippen LogP contribution in [0.25, 0.3) is 11.0 Å². The van der Waals surface area contributed by atoms with Crippen LogP contribution in [0.3, 0.4) is 0 Å².